The van der Waals surface area contributed by atoms with E-state index >= 15 is 0 Å². The van der Waals surface area contributed by atoms with Crippen molar-refractivity contribution in [2.75, 3.05) is 18.6 Å². The fourth-order valence-corrected chi connectivity index (χ4v) is 2.65. The monoisotopic (exact) mass is 256 g/mol. The molecule has 0 aliphatic rings. The van der Waals surface area contributed by atoms with Crippen LogP contribution in [0.15, 0.2) is 5.38 Å². The van der Waals surface area contributed by atoms with Gasteiger partial charge in [0, 0.05) is 24.4 Å². The van der Waals surface area contributed by atoms with E-state index in [0.29, 0.717) is 18.9 Å². The van der Waals surface area contributed by atoms with Crippen LogP contribution in [0.3, 0.4) is 0 Å². The summed E-state index contributed by atoms with van der Waals surface area (Å²) in [5.74, 6) is -0.184. The number of carbonyl (C=O) groups is 1. The first kappa shape index (κ1) is 14.0. The van der Waals surface area contributed by atoms with Crippen molar-refractivity contribution in [1.82, 2.24) is 4.98 Å². The molecule has 0 spiro atoms. The molecule has 0 unspecified atom stereocenters. The predicted octanol–water partition coefficient (Wildman–Crippen LogP) is 2.48. The van der Waals surface area contributed by atoms with Gasteiger partial charge in [-0.1, -0.05) is 0 Å². The first-order valence-corrected chi connectivity index (χ1v) is 6.74. The van der Waals surface area contributed by atoms with Gasteiger partial charge in [-0.15, -0.1) is 11.3 Å². The minimum Gasteiger partial charge on any atom is -0.469 e. The summed E-state index contributed by atoms with van der Waals surface area (Å²) in [5.41, 5.74) is 0.967. The average Bonchev–Trinajstić information content (AvgIpc) is 2.75. The van der Waals surface area contributed by atoms with Gasteiger partial charge in [0.2, 0.25) is 0 Å². The molecule has 0 N–H and O–H groups in total. The molecule has 0 aliphatic carbocycles. The van der Waals surface area contributed by atoms with Crippen LogP contribution in [0.25, 0.3) is 0 Å². The maximum atomic E-state index is 11.0. The Hall–Kier alpha value is -1.10. The largest absolute Gasteiger partial charge is 0.469 e. The molecule has 1 rings (SSSR count). The van der Waals surface area contributed by atoms with E-state index in [-0.39, 0.29) is 5.97 Å². The summed E-state index contributed by atoms with van der Waals surface area (Å²) < 4.78 is 4.61. The summed E-state index contributed by atoms with van der Waals surface area (Å²) in [6.07, 6.45) is 1.05. The zero-order valence-corrected chi connectivity index (χ0v) is 11.7. The van der Waals surface area contributed by atoms with Crippen LogP contribution in [-0.4, -0.2) is 30.6 Å². The number of rotatable bonds is 6. The van der Waals surface area contributed by atoms with Crippen LogP contribution >= 0.6 is 11.3 Å². The van der Waals surface area contributed by atoms with Gasteiger partial charge < -0.3 is 9.64 Å². The third-order valence-corrected chi connectivity index (χ3v) is 3.49. The van der Waals surface area contributed by atoms with Crippen LogP contribution in [0.2, 0.25) is 0 Å². The van der Waals surface area contributed by atoms with E-state index < -0.39 is 0 Å². The number of carbonyl (C=O) groups excluding carboxylic acids is 1. The maximum Gasteiger partial charge on any atom is 0.305 e. The fourth-order valence-electron chi connectivity index (χ4n) is 1.60. The topological polar surface area (TPSA) is 42.4 Å². The number of esters is 1. The highest BCUT2D eigenvalue weighted by Gasteiger charge is 2.13. The van der Waals surface area contributed by atoms with Gasteiger partial charge in [0.25, 0.3) is 0 Å². The van der Waals surface area contributed by atoms with Crippen molar-refractivity contribution in [3.63, 3.8) is 0 Å². The Morgan fingerprint density at radius 2 is 2.29 bits per heavy atom. The van der Waals surface area contributed by atoms with E-state index in [2.05, 4.69) is 35.4 Å². The van der Waals surface area contributed by atoms with Gasteiger partial charge in [-0.25, -0.2) is 4.98 Å². The van der Waals surface area contributed by atoms with Gasteiger partial charge in [-0.3, -0.25) is 4.79 Å². The van der Waals surface area contributed by atoms with E-state index in [1.165, 1.54) is 7.11 Å². The Balaban J connectivity index is 2.61. The molecule has 0 saturated carbocycles. The molecule has 5 heteroatoms. The standard InChI is InChI=1S/C12H20N2O2S/c1-5-14(9(2)3)12-13-10(8-17-12)6-7-11(15)16-4/h8-9H,5-7H2,1-4H3. The smallest absolute Gasteiger partial charge is 0.305 e. The summed E-state index contributed by atoms with van der Waals surface area (Å²) in [4.78, 5) is 17.8. The highest BCUT2D eigenvalue weighted by Crippen LogP contribution is 2.22. The second-order valence-corrected chi connectivity index (χ2v) is 4.91. The van der Waals surface area contributed by atoms with Gasteiger partial charge in [-0.05, 0) is 20.8 Å². The van der Waals surface area contributed by atoms with Crippen LogP contribution in [-0.2, 0) is 16.0 Å². The molecule has 0 fully saturated rings. The number of hydrogen-bond donors (Lipinski definition) is 0. The molecule has 1 aromatic rings. The number of thiazole rings is 1. The third kappa shape index (κ3) is 4.00. The fraction of sp³-hybridized carbons (Fsp3) is 0.667. The van der Waals surface area contributed by atoms with Crippen molar-refractivity contribution in [1.29, 1.82) is 0 Å². The Morgan fingerprint density at radius 3 is 2.82 bits per heavy atom. The zero-order valence-electron chi connectivity index (χ0n) is 10.9. The molecule has 0 aliphatic heterocycles. The molecule has 0 aromatic carbocycles. The second-order valence-electron chi connectivity index (χ2n) is 4.08. The van der Waals surface area contributed by atoms with Gasteiger partial charge in [-0.2, -0.15) is 0 Å². The van der Waals surface area contributed by atoms with E-state index in [1.807, 2.05) is 5.38 Å². The summed E-state index contributed by atoms with van der Waals surface area (Å²) >= 11 is 1.63. The molecule has 1 aromatic heterocycles. The molecule has 0 radical (unpaired) electrons. The van der Waals surface area contributed by atoms with Gasteiger partial charge in [0.1, 0.15) is 0 Å². The van der Waals surface area contributed by atoms with E-state index in [0.717, 1.165) is 17.4 Å². The molecule has 1 heterocycles. The number of aryl methyl sites for hydroxylation is 1. The SMILES string of the molecule is CCN(c1nc(CCC(=O)OC)cs1)C(C)C. The van der Waals surface area contributed by atoms with Crippen molar-refractivity contribution in [3.8, 4) is 0 Å². The van der Waals surface area contributed by atoms with Gasteiger partial charge >= 0.3 is 5.97 Å². The Labute approximate surface area is 107 Å². The second kappa shape index (κ2) is 6.59. The van der Waals surface area contributed by atoms with Crippen LogP contribution in [0, 0.1) is 0 Å². The summed E-state index contributed by atoms with van der Waals surface area (Å²) in [6, 6.07) is 0.444. The minimum atomic E-state index is -0.184. The van der Waals surface area contributed by atoms with Crippen molar-refractivity contribution in [2.45, 2.75) is 39.7 Å². The molecule has 96 valence electrons. The quantitative estimate of drug-likeness (QED) is 0.733. The van der Waals surface area contributed by atoms with Gasteiger partial charge in [0.05, 0.1) is 19.2 Å². The number of nitrogens with zero attached hydrogens (tertiary/aromatic N) is 2. The first-order chi connectivity index (χ1) is 8.08. The average molecular weight is 256 g/mol. The molecule has 0 amide bonds. The molecule has 17 heavy (non-hydrogen) atoms. The molecular formula is C12H20N2O2S. The summed E-state index contributed by atoms with van der Waals surface area (Å²) in [5, 5.41) is 3.05. The summed E-state index contributed by atoms with van der Waals surface area (Å²) in [6.45, 7) is 7.37. The zero-order chi connectivity index (χ0) is 12.8. The number of ether oxygens (including phenoxy) is 1. The molecular weight excluding hydrogens is 236 g/mol. The van der Waals surface area contributed by atoms with E-state index in [4.69, 9.17) is 0 Å². The lowest BCUT2D eigenvalue weighted by Gasteiger charge is -2.24. The third-order valence-electron chi connectivity index (χ3n) is 2.56. The van der Waals surface area contributed by atoms with Crippen LogP contribution in [0.1, 0.15) is 32.9 Å². The lowest BCUT2D eigenvalue weighted by molar-refractivity contribution is -0.140. The first-order valence-electron chi connectivity index (χ1n) is 5.86. The van der Waals surface area contributed by atoms with Crippen molar-refractivity contribution >= 4 is 22.4 Å². The Bertz CT molecular complexity index is 363. The van der Waals surface area contributed by atoms with Crippen LogP contribution < -0.4 is 4.90 Å². The highest BCUT2D eigenvalue weighted by molar-refractivity contribution is 7.13. The minimum absolute atomic E-state index is 0.184. The van der Waals surface area contributed by atoms with Crippen molar-refractivity contribution < 1.29 is 9.53 Å². The number of methoxy groups -OCH3 is 1. The summed E-state index contributed by atoms with van der Waals surface area (Å²) in [7, 11) is 1.41. The molecule has 0 atom stereocenters. The lowest BCUT2D eigenvalue weighted by atomic mass is 10.2. The highest BCUT2D eigenvalue weighted by atomic mass is 32.1. The predicted molar refractivity (Wildman–Crippen MR) is 70.6 cm³/mol. The molecule has 0 saturated heterocycles. The number of anilines is 1. The van der Waals surface area contributed by atoms with Gasteiger partial charge in [0.15, 0.2) is 5.13 Å². The lowest BCUT2D eigenvalue weighted by Crippen LogP contribution is -2.30. The number of hydrogen-bond acceptors (Lipinski definition) is 5. The molecule has 4 nitrogen and oxygen atoms in total. The van der Waals surface area contributed by atoms with Crippen molar-refractivity contribution in [2.24, 2.45) is 0 Å². The maximum absolute atomic E-state index is 11.0. The van der Waals surface area contributed by atoms with E-state index in [1.54, 1.807) is 11.3 Å². The normalized spacial score (nSPS) is 10.6. The van der Waals surface area contributed by atoms with Crippen molar-refractivity contribution in [3.05, 3.63) is 11.1 Å². The Morgan fingerprint density at radius 1 is 1.59 bits per heavy atom. The number of aromatic nitrogens is 1. The van der Waals surface area contributed by atoms with Crippen LogP contribution in [0.4, 0.5) is 5.13 Å². The van der Waals surface area contributed by atoms with Crippen LogP contribution in [0.5, 0.6) is 0 Å². The molecule has 0 bridgehead atoms. The van der Waals surface area contributed by atoms with E-state index in [9.17, 15) is 4.79 Å². The Kier molecular flexibility index (Phi) is 5.41.